The lowest BCUT2D eigenvalue weighted by Gasteiger charge is -2.23. The number of aryl methyl sites for hydroxylation is 1. The third-order valence-corrected chi connectivity index (χ3v) is 5.42. The van der Waals surface area contributed by atoms with Crippen LogP contribution in [0.2, 0.25) is 5.02 Å². The molecule has 0 atom stereocenters. The van der Waals surface area contributed by atoms with E-state index in [9.17, 15) is 9.18 Å². The lowest BCUT2D eigenvalue weighted by Crippen LogP contribution is -2.35. The van der Waals surface area contributed by atoms with Gasteiger partial charge in [0.05, 0.1) is 0 Å². The first-order chi connectivity index (χ1) is 14.6. The average Bonchev–Trinajstić information content (AvgIpc) is 3.09. The first kappa shape index (κ1) is 20.3. The van der Waals surface area contributed by atoms with E-state index in [0.29, 0.717) is 42.7 Å². The van der Waals surface area contributed by atoms with Gasteiger partial charge in [0.2, 0.25) is 17.6 Å². The van der Waals surface area contributed by atoms with Gasteiger partial charge in [-0.15, -0.1) is 0 Å². The molecule has 0 radical (unpaired) electrons. The smallest absolute Gasteiger partial charge is 0.227 e. The van der Waals surface area contributed by atoms with Gasteiger partial charge in [0.1, 0.15) is 5.82 Å². The van der Waals surface area contributed by atoms with Crippen LogP contribution in [0.25, 0.3) is 11.4 Å². The van der Waals surface area contributed by atoms with Gasteiger partial charge in [-0.2, -0.15) is 4.98 Å². The Morgan fingerprint density at radius 3 is 2.57 bits per heavy atom. The summed E-state index contributed by atoms with van der Waals surface area (Å²) in [6.07, 6.45) is 1.58. The molecular weight excluding hydrogens is 407 g/mol. The molecule has 2 heterocycles. The molecule has 4 rings (SSSR count). The zero-order valence-corrected chi connectivity index (χ0v) is 17.2. The highest BCUT2D eigenvalue weighted by atomic mass is 35.5. The van der Waals surface area contributed by atoms with Gasteiger partial charge in [-0.25, -0.2) is 4.39 Å². The number of hydrogen-bond acceptors (Lipinski definition) is 5. The monoisotopic (exact) mass is 428 g/mol. The summed E-state index contributed by atoms with van der Waals surface area (Å²) in [5.41, 5.74) is 1.79. The largest absolute Gasteiger partial charge is 0.370 e. The summed E-state index contributed by atoms with van der Waals surface area (Å²) in [5, 5.41) is 4.63. The Hall–Kier alpha value is -2.93. The molecule has 1 saturated heterocycles. The number of carbonyl (C=O) groups is 1. The van der Waals surface area contributed by atoms with Crippen LogP contribution in [0.4, 0.5) is 10.1 Å². The minimum atomic E-state index is -0.245. The van der Waals surface area contributed by atoms with E-state index in [4.69, 9.17) is 16.1 Å². The second-order valence-corrected chi connectivity index (χ2v) is 7.65. The van der Waals surface area contributed by atoms with E-state index in [-0.39, 0.29) is 11.7 Å². The number of aromatic nitrogens is 2. The van der Waals surface area contributed by atoms with Crippen molar-refractivity contribution in [2.45, 2.75) is 19.3 Å². The predicted octanol–water partition coefficient (Wildman–Crippen LogP) is 4.20. The van der Waals surface area contributed by atoms with Gasteiger partial charge < -0.3 is 14.3 Å². The Labute approximate surface area is 179 Å². The van der Waals surface area contributed by atoms with Crippen molar-refractivity contribution in [3.63, 3.8) is 0 Å². The predicted molar refractivity (Wildman–Crippen MR) is 113 cm³/mol. The van der Waals surface area contributed by atoms with E-state index in [2.05, 4.69) is 15.0 Å². The quantitative estimate of drug-likeness (QED) is 0.609. The molecule has 0 saturated carbocycles. The van der Waals surface area contributed by atoms with E-state index < -0.39 is 0 Å². The third kappa shape index (κ3) is 4.97. The number of rotatable bonds is 5. The van der Waals surface area contributed by atoms with E-state index in [0.717, 1.165) is 30.8 Å². The van der Waals surface area contributed by atoms with Crippen molar-refractivity contribution in [2.24, 2.45) is 0 Å². The van der Waals surface area contributed by atoms with Crippen LogP contribution in [-0.4, -0.2) is 47.1 Å². The summed E-state index contributed by atoms with van der Waals surface area (Å²) >= 11 is 5.90. The molecule has 1 aromatic heterocycles. The Morgan fingerprint density at radius 1 is 1.03 bits per heavy atom. The van der Waals surface area contributed by atoms with Crippen molar-refractivity contribution in [3.8, 4) is 11.4 Å². The molecule has 156 valence electrons. The molecule has 8 heteroatoms. The van der Waals surface area contributed by atoms with Crippen LogP contribution in [0.5, 0.6) is 0 Å². The van der Waals surface area contributed by atoms with Crippen LogP contribution < -0.4 is 4.90 Å². The molecule has 1 fully saturated rings. The zero-order valence-electron chi connectivity index (χ0n) is 16.4. The summed E-state index contributed by atoms with van der Waals surface area (Å²) in [5.74, 6) is 0.753. The minimum Gasteiger partial charge on any atom is -0.370 e. The van der Waals surface area contributed by atoms with E-state index in [1.54, 1.807) is 24.3 Å². The zero-order chi connectivity index (χ0) is 20.9. The highest BCUT2D eigenvalue weighted by Crippen LogP contribution is 2.20. The van der Waals surface area contributed by atoms with Gasteiger partial charge in [-0.05, 0) is 55.0 Å². The Kier molecular flexibility index (Phi) is 6.28. The fraction of sp³-hybridized carbons (Fsp3) is 0.318. The van der Waals surface area contributed by atoms with Crippen molar-refractivity contribution >= 4 is 23.2 Å². The molecule has 0 spiro atoms. The second kappa shape index (κ2) is 9.26. The van der Waals surface area contributed by atoms with Crippen LogP contribution in [0.3, 0.4) is 0 Å². The molecule has 0 aliphatic carbocycles. The van der Waals surface area contributed by atoms with E-state index in [1.165, 1.54) is 12.1 Å². The highest BCUT2D eigenvalue weighted by molar-refractivity contribution is 6.30. The Morgan fingerprint density at radius 2 is 1.80 bits per heavy atom. The van der Waals surface area contributed by atoms with Gasteiger partial charge in [0, 0.05) is 55.3 Å². The van der Waals surface area contributed by atoms with Crippen LogP contribution in [0.15, 0.2) is 53.1 Å². The minimum absolute atomic E-state index is 0.0715. The number of anilines is 1. The van der Waals surface area contributed by atoms with Crippen LogP contribution in [-0.2, 0) is 11.2 Å². The standard InChI is InChI=1S/C22H22ClFN4O2/c23-17-4-2-16(3-5-17)22-25-20(30-26-22)10-11-21(29)28-13-1-12-27(14-15-28)19-8-6-18(24)7-9-19/h2-9H,1,10-15H2. The van der Waals surface area contributed by atoms with Crippen LogP contribution in [0, 0.1) is 5.82 Å². The van der Waals surface area contributed by atoms with Crippen LogP contribution >= 0.6 is 11.6 Å². The Bertz CT molecular complexity index is 991. The summed E-state index contributed by atoms with van der Waals surface area (Å²) in [7, 11) is 0. The Balaban J connectivity index is 1.30. The maximum atomic E-state index is 13.1. The topological polar surface area (TPSA) is 62.5 Å². The van der Waals surface area contributed by atoms with E-state index >= 15 is 0 Å². The van der Waals surface area contributed by atoms with E-state index in [1.807, 2.05) is 17.0 Å². The molecular formula is C22H22ClFN4O2. The van der Waals surface area contributed by atoms with Gasteiger partial charge >= 0.3 is 0 Å². The van der Waals surface area contributed by atoms with Crippen molar-refractivity contribution in [3.05, 3.63) is 65.3 Å². The van der Waals surface area contributed by atoms with Crippen molar-refractivity contribution in [2.75, 3.05) is 31.1 Å². The number of halogens is 2. The van der Waals surface area contributed by atoms with Crippen molar-refractivity contribution < 1.29 is 13.7 Å². The van der Waals surface area contributed by atoms with Crippen LogP contribution in [0.1, 0.15) is 18.7 Å². The molecule has 1 aliphatic heterocycles. The van der Waals surface area contributed by atoms with Gasteiger partial charge in [0.15, 0.2) is 0 Å². The molecule has 0 unspecified atom stereocenters. The lowest BCUT2D eigenvalue weighted by molar-refractivity contribution is -0.131. The number of amides is 1. The molecule has 6 nitrogen and oxygen atoms in total. The average molecular weight is 429 g/mol. The van der Waals surface area contributed by atoms with Crippen molar-refractivity contribution in [1.29, 1.82) is 0 Å². The number of nitrogens with zero attached hydrogens (tertiary/aromatic N) is 4. The maximum Gasteiger partial charge on any atom is 0.227 e. The van der Waals surface area contributed by atoms with Crippen molar-refractivity contribution in [1.82, 2.24) is 15.0 Å². The van der Waals surface area contributed by atoms with Gasteiger partial charge in [-0.3, -0.25) is 4.79 Å². The maximum absolute atomic E-state index is 13.1. The fourth-order valence-corrected chi connectivity index (χ4v) is 3.65. The molecule has 1 aliphatic rings. The van der Waals surface area contributed by atoms with Gasteiger partial charge in [0.25, 0.3) is 0 Å². The highest BCUT2D eigenvalue weighted by Gasteiger charge is 2.20. The lowest BCUT2D eigenvalue weighted by atomic mass is 10.2. The first-order valence-electron chi connectivity index (χ1n) is 9.95. The number of hydrogen-bond donors (Lipinski definition) is 0. The molecule has 1 amide bonds. The molecule has 2 aromatic carbocycles. The summed E-state index contributed by atoms with van der Waals surface area (Å²) in [6.45, 7) is 2.90. The fourth-order valence-electron chi connectivity index (χ4n) is 3.52. The summed E-state index contributed by atoms with van der Waals surface area (Å²) < 4.78 is 18.4. The SMILES string of the molecule is O=C(CCc1nc(-c2ccc(Cl)cc2)no1)N1CCCN(c2ccc(F)cc2)CC1. The second-order valence-electron chi connectivity index (χ2n) is 7.22. The third-order valence-electron chi connectivity index (χ3n) is 5.16. The molecule has 3 aromatic rings. The number of carbonyl (C=O) groups excluding carboxylic acids is 1. The summed E-state index contributed by atoms with van der Waals surface area (Å²) in [4.78, 5) is 21.1. The summed E-state index contributed by atoms with van der Waals surface area (Å²) in [6, 6.07) is 13.7. The number of benzene rings is 2. The van der Waals surface area contributed by atoms with Gasteiger partial charge in [-0.1, -0.05) is 16.8 Å². The normalized spacial score (nSPS) is 14.6. The molecule has 30 heavy (non-hydrogen) atoms. The molecule has 0 bridgehead atoms. The first-order valence-corrected chi connectivity index (χ1v) is 10.3. The molecule has 0 N–H and O–H groups in total.